The molecule has 3 rings (SSSR count). The molecule has 11 nitrogen and oxygen atoms in total. The van der Waals surface area contributed by atoms with E-state index >= 15 is 0 Å². The molecule has 1 saturated heterocycles. The van der Waals surface area contributed by atoms with E-state index in [1.54, 1.807) is 0 Å². The molecule has 0 spiro atoms. The molecule has 0 bridgehead atoms. The molecule has 0 aromatic rings. The molecule has 284 valence electrons. The Hall–Kier alpha value is -2.27. The summed E-state index contributed by atoms with van der Waals surface area (Å²) in [6, 6.07) is 0.400. The van der Waals surface area contributed by atoms with E-state index in [1.807, 2.05) is 77.0 Å². The second-order valence-corrected chi connectivity index (χ2v) is 17.4. The van der Waals surface area contributed by atoms with Crippen molar-refractivity contribution in [1.29, 1.82) is 0 Å². The van der Waals surface area contributed by atoms with Crippen molar-refractivity contribution in [3.63, 3.8) is 0 Å². The van der Waals surface area contributed by atoms with Gasteiger partial charge in [-0.2, -0.15) is 0 Å². The fourth-order valence-electron chi connectivity index (χ4n) is 7.22. The first-order valence-corrected chi connectivity index (χ1v) is 19.3. The monoisotopic (exact) mass is 694 g/mol. The molecule has 1 N–H and O–H groups in total. The van der Waals surface area contributed by atoms with Crippen molar-refractivity contribution in [3.8, 4) is 0 Å². The molecule has 2 saturated carbocycles. The topological polar surface area (TPSA) is 104 Å². The SMILES string of the molecule is CC(C)(C)OC(=O)N(CCN(CCN(C(=O)OC(C)(C)C)C1CCCCC1)CCN(C(=O)OC(C)(C)C)C1CCNCC1)C1CCCCC1. The summed E-state index contributed by atoms with van der Waals surface area (Å²) in [7, 11) is 0. The third kappa shape index (κ3) is 15.2. The van der Waals surface area contributed by atoms with Gasteiger partial charge in [-0.1, -0.05) is 38.5 Å². The highest BCUT2D eigenvalue weighted by molar-refractivity contribution is 5.69. The van der Waals surface area contributed by atoms with Crippen molar-refractivity contribution < 1.29 is 28.6 Å². The standard InChI is InChI=1S/C38H71N5O6/c1-36(2,3)47-33(44)41(30-16-12-10-13-17-30)27-24-40(25-28-42(31-18-14-11-15-19-31)34(45)48-37(4,5)6)26-29-43(32-20-22-39-23-21-32)35(46)49-38(7,8)9/h30-32,39H,10-29H2,1-9H3. The van der Waals surface area contributed by atoms with Crippen LogP contribution in [0, 0.1) is 0 Å². The first-order valence-electron chi connectivity index (χ1n) is 19.3. The number of hydrogen-bond donors (Lipinski definition) is 1. The molecular weight excluding hydrogens is 622 g/mol. The number of carbonyl (C=O) groups excluding carboxylic acids is 3. The van der Waals surface area contributed by atoms with Crippen molar-refractivity contribution in [3.05, 3.63) is 0 Å². The van der Waals surface area contributed by atoms with Crippen LogP contribution in [0.25, 0.3) is 0 Å². The summed E-state index contributed by atoms with van der Waals surface area (Å²) >= 11 is 0. The second kappa shape index (κ2) is 18.8. The van der Waals surface area contributed by atoms with Gasteiger partial charge in [-0.15, -0.1) is 0 Å². The number of rotatable bonds is 12. The van der Waals surface area contributed by atoms with Gasteiger partial charge in [0.05, 0.1) is 0 Å². The normalized spacial score (nSPS) is 19.0. The van der Waals surface area contributed by atoms with Gasteiger partial charge in [0, 0.05) is 57.4 Å². The van der Waals surface area contributed by atoms with E-state index in [0.717, 1.165) is 77.3 Å². The molecule has 2 aliphatic carbocycles. The van der Waals surface area contributed by atoms with Crippen molar-refractivity contribution >= 4 is 18.3 Å². The molecule has 49 heavy (non-hydrogen) atoms. The van der Waals surface area contributed by atoms with Crippen LogP contribution in [0.2, 0.25) is 0 Å². The number of carbonyl (C=O) groups is 3. The summed E-state index contributed by atoms with van der Waals surface area (Å²) in [6.07, 6.45) is 11.7. The molecule has 3 amide bonds. The highest BCUT2D eigenvalue weighted by Crippen LogP contribution is 2.26. The highest BCUT2D eigenvalue weighted by Gasteiger charge is 2.34. The Kier molecular flexibility index (Phi) is 15.8. The lowest BCUT2D eigenvalue weighted by atomic mass is 9.94. The Morgan fingerprint density at radius 2 is 0.755 bits per heavy atom. The molecule has 1 aliphatic heterocycles. The molecule has 11 heteroatoms. The molecular formula is C38H71N5O6. The van der Waals surface area contributed by atoms with Gasteiger partial charge < -0.3 is 34.2 Å². The summed E-state index contributed by atoms with van der Waals surface area (Å²) in [6.45, 7) is 22.3. The van der Waals surface area contributed by atoms with Crippen LogP contribution < -0.4 is 5.32 Å². The lowest BCUT2D eigenvalue weighted by Crippen LogP contribution is -2.53. The van der Waals surface area contributed by atoms with Gasteiger partial charge >= 0.3 is 18.3 Å². The van der Waals surface area contributed by atoms with E-state index in [-0.39, 0.29) is 36.4 Å². The van der Waals surface area contributed by atoms with Crippen LogP contribution in [0.4, 0.5) is 14.4 Å². The Balaban J connectivity index is 1.85. The lowest BCUT2D eigenvalue weighted by Gasteiger charge is -2.40. The van der Waals surface area contributed by atoms with Crippen LogP contribution in [-0.2, 0) is 14.2 Å². The fourth-order valence-corrected chi connectivity index (χ4v) is 7.22. The number of ether oxygens (including phenoxy) is 3. The summed E-state index contributed by atoms with van der Waals surface area (Å²) in [5.74, 6) is 0. The van der Waals surface area contributed by atoms with Crippen LogP contribution >= 0.6 is 0 Å². The van der Waals surface area contributed by atoms with Gasteiger partial charge in [0.1, 0.15) is 16.8 Å². The van der Waals surface area contributed by atoms with Crippen molar-refractivity contribution in [2.45, 2.75) is 174 Å². The van der Waals surface area contributed by atoms with E-state index in [0.29, 0.717) is 39.3 Å². The largest absolute Gasteiger partial charge is 0.444 e. The van der Waals surface area contributed by atoms with Gasteiger partial charge in [0.2, 0.25) is 0 Å². The molecule has 1 heterocycles. The Morgan fingerprint density at radius 1 is 0.469 bits per heavy atom. The second-order valence-electron chi connectivity index (χ2n) is 17.4. The van der Waals surface area contributed by atoms with E-state index in [1.165, 1.54) is 12.8 Å². The van der Waals surface area contributed by atoms with Crippen LogP contribution in [-0.4, -0.2) is 125 Å². The fraction of sp³-hybridized carbons (Fsp3) is 0.921. The minimum absolute atomic E-state index is 0.0963. The third-order valence-electron chi connectivity index (χ3n) is 9.64. The smallest absolute Gasteiger partial charge is 0.410 e. The first kappa shape index (κ1) is 41.2. The first-order chi connectivity index (χ1) is 22.9. The van der Waals surface area contributed by atoms with Crippen LogP contribution in [0.3, 0.4) is 0 Å². The third-order valence-corrected chi connectivity index (χ3v) is 9.64. The van der Waals surface area contributed by atoms with Gasteiger partial charge in [-0.3, -0.25) is 4.90 Å². The summed E-state index contributed by atoms with van der Waals surface area (Å²) in [4.78, 5) is 48.9. The quantitative estimate of drug-likeness (QED) is 0.211. The molecule has 3 fully saturated rings. The van der Waals surface area contributed by atoms with Gasteiger partial charge in [-0.25, -0.2) is 14.4 Å². The maximum atomic E-state index is 13.6. The molecule has 0 unspecified atom stereocenters. The Bertz CT molecular complexity index is 889. The molecule has 3 aliphatic rings. The van der Waals surface area contributed by atoms with E-state index in [9.17, 15) is 14.4 Å². The lowest BCUT2D eigenvalue weighted by molar-refractivity contribution is 0.00393. The predicted molar refractivity (Wildman–Crippen MR) is 195 cm³/mol. The molecule has 0 aromatic carbocycles. The zero-order valence-corrected chi connectivity index (χ0v) is 32.6. The number of nitrogens with one attached hydrogen (secondary N) is 1. The maximum absolute atomic E-state index is 13.6. The predicted octanol–water partition coefficient (Wildman–Crippen LogP) is 7.42. The molecule has 0 aromatic heterocycles. The van der Waals surface area contributed by atoms with E-state index in [2.05, 4.69) is 10.2 Å². The van der Waals surface area contributed by atoms with Crippen LogP contribution in [0.15, 0.2) is 0 Å². The van der Waals surface area contributed by atoms with E-state index < -0.39 is 16.8 Å². The van der Waals surface area contributed by atoms with Crippen LogP contribution in [0.1, 0.15) is 139 Å². The maximum Gasteiger partial charge on any atom is 0.410 e. The number of nitrogens with zero attached hydrogens (tertiary/aromatic N) is 4. The number of piperidine rings is 1. The number of amides is 3. The molecule has 0 atom stereocenters. The average Bonchev–Trinajstić information content (AvgIpc) is 3.00. The minimum atomic E-state index is -0.593. The van der Waals surface area contributed by atoms with Gasteiger partial charge in [-0.05, 0) is 114 Å². The van der Waals surface area contributed by atoms with Gasteiger partial charge in [0.15, 0.2) is 0 Å². The van der Waals surface area contributed by atoms with Crippen molar-refractivity contribution in [1.82, 2.24) is 24.9 Å². The Labute approximate surface area is 298 Å². The Morgan fingerprint density at radius 3 is 1.04 bits per heavy atom. The van der Waals surface area contributed by atoms with E-state index in [4.69, 9.17) is 14.2 Å². The summed E-state index contributed by atoms with van der Waals surface area (Å²) in [5, 5.41) is 3.41. The minimum Gasteiger partial charge on any atom is -0.444 e. The highest BCUT2D eigenvalue weighted by atomic mass is 16.6. The number of hydrogen-bond acceptors (Lipinski definition) is 8. The zero-order chi connectivity index (χ0) is 36.2. The average molecular weight is 694 g/mol. The summed E-state index contributed by atoms with van der Waals surface area (Å²) in [5.41, 5.74) is -1.76. The van der Waals surface area contributed by atoms with Gasteiger partial charge in [0.25, 0.3) is 0 Å². The van der Waals surface area contributed by atoms with Crippen molar-refractivity contribution in [2.75, 3.05) is 52.4 Å². The zero-order valence-electron chi connectivity index (χ0n) is 32.6. The summed E-state index contributed by atoms with van der Waals surface area (Å²) < 4.78 is 17.7. The van der Waals surface area contributed by atoms with Crippen molar-refractivity contribution in [2.24, 2.45) is 0 Å². The molecule has 0 radical (unpaired) electrons. The van der Waals surface area contributed by atoms with Crippen LogP contribution in [0.5, 0.6) is 0 Å².